The fourth-order valence-electron chi connectivity index (χ4n) is 1.46. The molecule has 1 aromatic rings. The van der Waals surface area contributed by atoms with Crippen LogP contribution >= 0.6 is 11.3 Å². The van der Waals surface area contributed by atoms with Crippen molar-refractivity contribution in [2.24, 2.45) is 0 Å². The van der Waals surface area contributed by atoms with Gasteiger partial charge >= 0.3 is 5.97 Å². The Labute approximate surface area is 106 Å². The first kappa shape index (κ1) is 14.1. The van der Waals surface area contributed by atoms with Crippen molar-refractivity contribution in [2.45, 2.75) is 45.6 Å². The summed E-state index contributed by atoms with van der Waals surface area (Å²) < 4.78 is 0. The summed E-state index contributed by atoms with van der Waals surface area (Å²) in [6.07, 6.45) is 1.39. The topological polar surface area (TPSA) is 62.2 Å². The van der Waals surface area contributed by atoms with E-state index in [0.29, 0.717) is 18.9 Å². The van der Waals surface area contributed by atoms with E-state index < -0.39 is 12.0 Å². The minimum absolute atomic E-state index is 0.445. The van der Waals surface area contributed by atoms with E-state index in [1.54, 1.807) is 11.3 Å². The lowest BCUT2D eigenvalue weighted by atomic mass is 10.2. The van der Waals surface area contributed by atoms with Crippen LogP contribution < -0.4 is 5.32 Å². The standard InChI is InChI=1S/C12H20N2O2S/c1-4-9(12(15)16)13-6-5-11-14-10(7-17-11)8(2)3/h7-9,13H,4-6H2,1-3H3,(H,15,16). The van der Waals surface area contributed by atoms with Crippen LogP contribution in [0.3, 0.4) is 0 Å². The van der Waals surface area contributed by atoms with Gasteiger partial charge in [-0.2, -0.15) is 0 Å². The number of rotatable bonds is 7. The number of carboxylic acids is 1. The lowest BCUT2D eigenvalue weighted by molar-refractivity contribution is -0.139. The van der Waals surface area contributed by atoms with Gasteiger partial charge in [0.1, 0.15) is 6.04 Å². The van der Waals surface area contributed by atoms with Gasteiger partial charge in [-0.05, 0) is 12.3 Å². The second kappa shape index (κ2) is 6.71. The number of carbonyl (C=O) groups is 1. The molecule has 0 radical (unpaired) electrons. The van der Waals surface area contributed by atoms with Crippen molar-refractivity contribution in [1.29, 1.82) is 0 Å². The Morgan fingerprint density at radius 3 is 2.76 bits per heavy atom. The number of thiazole rings is 1. The van der Waals surface area contributed by atoms with Crippen LogP contribution in [-0.2, 0) is 11.2 Å². The van der Waals surface area contributed by atoms with Gasteiger partial charge in [0, 0.05) is 18.3 Å². The maximum Gasteiger partial charge on any atom is 0.320 e. The summed E-state index contributed by atoms with van der Waals surface area (Å²) >= 11 is 1.65. The zero-order valence-corrected chi connectivity index (χ0v) is 11.4. The Morgan fingerprint density at radius 1 is 1.59 bits per heavy atom. The first-order valence-corrected chi connectivity index (χ1v) is 6.83. The minimum Gasteiger partial charge on any atom is -0.480 e. The molecule has 5 heteroatoms. The van der Waals surface area contributed by atoms with E-state index in [-0.39, 0.29) is 0 Å². The zero-order valence-electron chi connectivity index (χ0n) is 10.6. The largest absolute Gasteiger partial charge is 0.480 e. The molecule has 2 N–H and O–H groups in total. The molecule has 96 valence electrons. The van der Waals surface area contributed by atoms with Crippen molar-refractivity contribution in [3.63, 3.8) is 0 Å². The van der Waals surface area contributed by atoms with Gasteiger partial charge in [0.2, 0.25) is 0 Å². The normalized spacial score (nSPS) is 12.9. The smallest absolute Gasteiger partial charge is 0.320 e. The molecule has 0 aliphatic heterocycles. The third-order valence-electron chi connectivity index (χ3n) is 2.60. The SMILES string of the molecule is CCC(NCCc1nc(C(C)C)cs1)C(=O)O. The summed E-state index contributed by atoms with van der Waals surface area (Å²) in [5, 5.41) is 15.0. The highest BCUT2D eigenvalue weighted by Crippen LogP contribution is 2.17. The van der Waals surface area contributed by atoms with Crippen molar-refractivity contribution < 1.29 is 9.90 Å². The van der Waals surface area contributed by atoms with Crippen molar-refractivity contribution in [1.82, 2.24) is 10.3 Å². The van der Waals surface area contributed by atoms with Crippen molar-refractivity contribution >= 4 is 17.3 Å². The third-order valence-corrected chi connectivity index (χ3v) is 3.52. The second-order valence-corrected chi connectivity index (χ2v) is 5.27. The van der Waals surface area contributed by atoms with Crippen molar-refractivity contribution in [3.05, 3.63) is 16.1 Å². The number of aromatic nitrogens is 1. The minimum atomic E-state index is -0.783. The molecule has 0 amide bonds. The molecule has 1 heterocycles. The maximum absolute atomic E-state index is 10.8. The Kier molecular flexibility index (Phi) is 5.58. The Morgan fingerprint density at radius 2 is 2.29 bits per heavy atom. The van der Waals surface area contributed by atoms with Crippen LogP contribution in [0.25, 0.3) is 0 Å². The lowest BCUT2D eigenvalue weighted by Gasteiger charge is -2.10. The molecule has 17 heavy (non-hydrogen) atoms. The van der Waals surface area contributed by atoms with E-state index >= 15 is 0 Å². The molecule has 4 nitrogen and oxygen atoms in total. The van der Waals surface area contributed by atoms with Gasteiger partial charge in [-0.1, -0.05) is 20.8 Å². The molecule has 0 aromatic carbocycles. The monoisotopic (exact) mass is 256 g/mol. The fraction of sp³-hybridized carbons (Fsp3) is 0.667. The summed E-state index contributed by atoms with van der Waals surface area (Å²) in [4.78, 5) is 15.3. The van der Waals surface area contributed by atoms with Crippen LogP contribution in [0.5, 0.6) is 0 Å². The summed E-state index contributed by atoms with van der Waals surface area (Å²) in [5.41, 5.74) is 1.12. The number of carboxylic acid groups (broad SMARTS) is 1. The zero-order chi connectivity index (χ0) is 12.8. The van der Waals surface area contributed by atoms with Gasteiger partial charge in [0.05, 0.1) is 10.7 Å². The number of nitrogens with one attached hydrogen (secondary N) is 1. The number of nitrogens with zero attached hydrogens (tertiary/aromatic N) is 1. The average molecular weight is 256 g/mol. The van der Waals surface area contributed by atoms with Crippen molar-refractivity contribution in [3.8, 4) is 0 Å². The molecular weight excluding hydrogens is 236 g/mol. The number of hydrogen-bond donors (Lipinski definition) is 2. The van der Waals surface area contributed by atoms with E-state index in [4.69, 9.17) is 5.11 Å². The van der Waals surface area contributed by atoms with Crippen molar-refractivity contribution in [2.75, 3.05) is 6.54 Å². The Bertz CT molecular complexity index is 363. The van der Waals surface area contributed by atoms with Gasteiger partial charge < -0.3 is 10.4 Å². The van der Waals surface area contributed by atoms with Crippen LogP contribution in [0.4, 0.5) is 0 Å². The molecule has 1 rings (SSSR count). The summed E-state index contributed by atoms with van der Waals surface area (Å²) in [6, 6.07) is -0.445. The molecular formula is C12H20N2O2S. The molecule has 1 unspecified atom stereocenters. The first-order chi connectivity index (χ1) is 8.04. The summed E-state index contributed by atoms with van der Waals surface area (Å²) in [7, 11) is 0. The van der Waals surface area contributed by atoms with Gasteiger partial charge in [-0.15, -0.1) is 11.3 Å². The highest BCUT2D eigenvalue weighted by atomic mass is 32.1. The molecule has 0 fully saturated rings. The third kappa shape index (κ3) is 4.44. The lowest BCUT2D eigenvalue weighted by Crippen LogP contribution is -2.37. The van der Waals surface area contributed by atoms with Gasteiger partial charge in [0.15, 0.2) is 0 Å². The Balaban J connectivity index is 2.37. The fourth-order valence-corrected chi connectivity index (χ4v) is 2.42. The Hall–Kier alpha value is -0.940. The average Bonchev–Trinajstić information content (AvgIpc) is 2.72. The van der Waals surface area contributed by atoms with Crippen LogP contribution in [0, 0.1) is 0 Å². The summed E-state index contributed by atoms with van der Waals surface area (Å²) in [5.74, 6) is -0.329. The van der Waals surface area contributed by atoms with E-state index in [1.807, 2.05) is 6.92 Å². The molecule has 0 bridgehead atoms. The molecule has 0 saturated carbocycles. The van der Waals surface area contributed by atoms with Crippen LogP contribution in [0.15, 0.2) is 5.38 Å². The van der Waals surface area contributed by atoms with E-state index in [0.717, 1.165) is 17.1 Å². The number of hydrogen-bond acceptors (Lipinski definition) is 4. The molecule has 0 spiro atoms. The predicted molar refractivity (Wildman–Crippen MR) is 69.6 cm³/mol. The van der Waals surface area contributed by atoms with Gasteiger partial charge in [-0.25, -0.2) is 4.98 Å². The predicted octanol–water partition coefficient (Wildman–Crippen LogP) is 2.26. The van der Waals surface area contributed by atoms with Crippen LogP contribution in [0.1, 0.15) is 43.8 Å². The maximum atomic E-state index is 10.8. The summed E-state index contributed by atoms with van der Waals surface area (Å²) in [6.45, 7) is 6.77. The second-order valence-electron chi connectivity index (χ2n) is 4.32. The molecule has 1 atom stereocenters. The first-order valence-electron chi connectivity index (χ1n) is 5.95. The van der Waals surface area contributed by atoms with Crippen LogP contribution in [-0.4, -0.2) is 28.6 Å². The van der Waals surface area contributed by atoms with E-state index in [2.05, 4.69) is 29.5 Å². The highest BCUT2D eigenvalue weighted by Gasteiger charge is 2.13. The van der Waals surface area contributed by atoms with E-state index in [1.165, 1.54) is 0 Å². The molecule has 0 aliphatic rings. The quantitative estimate of drug-likeness (QED) is 0.785. The van der Waals surface area contributed by atoms with Gasteiger partial charge in [-0.3, -0.25) is 4.79 Å². The molecule has 1 aromatic heterocycles. The number of aliphatic carboxylic acids is 1. The van der Waals surface area contributed by atoms with Gasteiger partial charge in [0.25, 0.3) is 0 Å². The van der Waals surface area contributed by atoms with Crippen LogP contribution in [0.2, 0.25) is 0 Å². The molecule has 0 saturated heterocycles. The highest BCUT2D eigenvalue weighted by molar-refractivity contribution is 7.09. The molecule has 0 aliphatic carbocycles. The van der Waals surface area contributed by atoms with E-state index in [9.17, 15) is 4.79 Å².